The number of hydrogen-bond acceptors (Lipinski definition) is 6. The lowest BCUT2D eigenvalue weighted by Gasteiger charge is -2.33. The van der Waals surface area contributed by atoms with Gasteiger partial charge in [0.1, 0.15) is 11.6 Å². The molecule has 2 heterocycles. The molecule has 8 heteroatoms. The summed E-state index contributed by atoms with van der Waals surface area (Å²) < 4.78 is 0. The third kappa shape index (κ3) is 4.25. The van der Waals surface area contributed by atoms with Gasteiger partial charge in [0.25, 0.3) is 0 Å². The fourth-order valence-electron chi connectivity index (χ4n) is 2.49. The molecular formula is C16H19Cl2N5S. The van der Waals surface area contributed by atoms with Gasteiger partial charge in [-0.2, -0.15) is 0 Å². The average Bonchev–Trinajstić information content (AvgIpc) is 2.58. The van der Waals surface area contributed by atoms with Crippen LogP contribution >= 0.6 is 35.0 Å². The van der Waals surface area contributed by atoms with E-state index in [-0.39, 0.29) is 0 Å². The fraction of sp³-hybridized carbons (Fsp3) is 0.375. The second kappa shape index (κ2) is 7.78. The normalized spacial score (nSPS) is 15.6. The molecule has 1 aromatic heterocycles. The SMILES string of the molecule is CSc1nc(Nc2ccc(Cl)c(Cl)c2)cc(N2CCN(C)CC2)n1. The highest BCUT2D eigenvalue weighted by Crippen LogP contribution is 2.28. The molecular weight excluding hydrogens is 365 g/mol. The number of thioether (sulfide) groups is 1. The van der Waals surface area contributed by atoms with E-state index in [0.717, 1.165) is 48.7 Å². The van der Waals surface area contributed by atoms with E-state index in [0.29, 0.717) is 10.0 Å². The average molecular weight is 384 g/mol. The van der Waals surface area contributed by atoms with E-state index in [1.165, 1.54) is 11.8 Å². The van der Waals surface area contributed by atoms with Crippen molar-refractivity contribution in [3.8, 4) is 0 Å². The molecule has 0 atom stereocenters. The van der Waals surface area contributed by atoms with Crippen LogP contribution in [0, 0.1) is 0 Å². The van der Waals surface area contributed by atoms with Gasteiger partial charge in [-0.25, -0.2) is 9.97 Å². The Labute approximate surface area is 156 Å². The van der Waals surface area contributed by atoms with Crippen LogP contribution in [0.1, 0.15) is 0 Å². The summed E-state index contributed by atoms with van der Waals surface area (Å²) in [5.74, 6) is 1.70. The first-order valence-electron chi connectivity index (χ1n) is 7.64. The molecule has 128 valence electrons. The van der Waals surface area contributed by atoms with E-state index in [9.17, 15) is 0 Å². The maximum atomic E-state index is 6.08. The first kappa shape index (κ1) is 17.6. The van der Waals surface area contributed by atoms with E-state index in [2.05, 4.69) is 32.1 Å². The van der Waals surface area contributed by atoms with Gasteiger partial charge in [-0.1, -0.05) is 35.0 Å². The third-order valence-corrected chi connectivity index (χ3v) is 5.18. The largest absolute Gasteiger partial charge is 0.354 e. The first-order valence-corrected chi connectivity index (χ1v) is 9.62. The minimum atomic E-state index is 0.514. The Bertz CT molecular complexity index is 720. The summed E-state index contributed by atoms with van der Waals surface area (Å²) in [7, 11) is 2.14. The molecule has 3 rings (SSSR count). The Morgan fingerprint density at radius 3 is 2.46 bits per heavy atom. The van der Waals surface area contributed by atoms with Gasteiger partial charge in [0.15, 0.2) is 5.16 Å². The molecule has 1 saturated heterocycles. The summed E-state index contributed by atoms with van der Waals surface area (Å²) in [6.45, 7) is 4.00. The molecule has 5 nitrogen and oxygen atoms in total. The van der Waals surface area contributed by atoms with Crippen LogP contribution in [0.5, 0.6) is 0 Å². The summed E-state index contributed by atoms with van der Waals surface area (Å²) in [6, 6.07) is 7.42. The minimum absolute atomic E-state index is 0.514. The van der Waals surface area contributed by atoms with Crippen molar-refractivity contribution in [2.45, 2.75) is 5.16 Å². The van der Waals surface area contributed by atoms with Crippen LogP contribution in [0.4, 0.5) is 17.3 Å². The minimum Gasteiger partial charge on any atom is -0.354 e. The summed E-state index contributed by atoms with van der Waals surface area (Å²) >= 11 is 13.6. The van der Waals surface area contributed by atoms with Gasteiger partial charge in [0, 0.05) is 37.9 Å². The smallest absolute Gasteiger partial charge is 0.191 e. The maximum absolute atomic E-state index is 6.08. The number of halogens is 2. The lowest BCUT2D eigenvalue weighted by Crippen LogP contribution is -2.44. The topological polar surface area (TPSA) is 44.3 Å². The highest BCUT2D eigenvalue weighted by Gasteiger charge is 2.17. The number of rotatable bonds is 4. The fourth-order valence-corrected chi connectivity index (χ4v) is 3.16. The molecule has 1 N–H and O–H groups in total. The Kier molecular flexibility index (Phi) is 5.71. The second-order valence-corrected chi connectivity index (χ2v) is 7.23. The second-order valence-electron chi connectivity index (χ2n) is 5.64. The zero-order chi connectivity index (χ0) is 17.1. The molecule has 2 aromatic rings. The maximum Gasteiger partial charge on any atom is 0.191 e. The van der Waals surface area contributed by atoms with E-state index >= 15 is 0 Å². The van der Waals surface area contributed by atoms with Crippen LogP contribution in [0.15, 0.2) is 29.4 Å². The summed E-state index contributed by atoms with van der Waals surface area (Å²) in [6.07, 6.45) is 1.98. The molecule has 0 spiro atoms. The van der Waals surface area contributed by atoms with Crippen LogP contribution in [0.2, 0.25) is 10.0 Å². The lowest BCUT2D eigenvalue weighted by atomic mass is 10.3. The summed E-state index contributed by atoms with van der Waals surface area (Å²) in [5.41, 5.74) is 0.847. The Morgan fingerprint density at radius 2 is 1.79 bits per heavy atom. The lowest BCUT2D eigenvalue weighted by molar-refractivity contribution is 0.312. The zero-order valence-electron chi connectivity index (χ0n) is 13.6. The number of hydrogen-bond donors (Lipinski definition) is 1. The van der Waals surface area contributed by atoms with Crippen molar-refractivity contribution in [1.29, 1.82) is 0 Å². The van der Waals surface area contributed by atoms with Gasteiger partial charge >= 0.3 is 0 Å². The van der Waals surface area contributed by atoms with Crippen molar-refractivity contribution in [1.82, 2.24) is 14.9 Å². The number of likely N-dealkylation sites (N-methyl/N-ethyl adjacent to an activating group) is 1. The van der Waals surface area contributed by atoms with Crippen LogP contribution in [0.25, 0.3) is 0 Å². The molecule has 1 fully saturated rings. The highest BCUT2D eigenvalue weighted by molar-refractivity contribution is 7.98. The van der Waals surface area contributed by atoms with Crippen LogP contribution in [0.3, 0.4) is 0 Å². The molecule has 0 saturated carbocycles. The summed E-state index contributed by atoms with van der Waals surface area (Å²) in [4.78, 5) is 13.8. The summed E-state index contributed by atoms with van der Waals surface area (Å²) in [5, 5.41) is 5.08. The van der Waals surface area contributed by atoms with E-state index in [4.69, 9.17) is 23.2 Å². The first-order chi connectivity index (χ1) is 11.5. The molecule has 1 aliphatic rings. The molecule has 24 heavy (non-hydrogen) atoms. The van der Waals surface area contributed by atoms with Gasteiger partial charge in [-0.15, -0.1) is 0 Å². The zero-order valence-corrected chi connectivity index (χ0v) is 15.9. The van der Waals surface area contributed by atoms with Gasteiger partial charge in [-0.05, 0) is 31.5 Å². The number of aromatic nitrogens is 2. The Balaban J connectivity index is 1.84. The Morgan fingerprint density at radius 1 is 1.04 bits per heavy atom. The van der Waals surface area contributed by atoms with Crippen molar-refractivity contribution in [3.63, 3.8) is 0 Å². The molecule has 0 unspecified atom stereocenters. The number of anilines is 3. The van der Waals surface area contributed by atoms with Crippen LogP contribution in [-0.4, -0.2) is 54.4 Å². The van der Waals surface area contributed by atoms with E-state index in [1.54, 1.807) is 12.1 Å². The molecule has 1 aromatic carbocycles. The molecule has 1 aliphatic heterocycles. The molecule has 0 radical (unpaired) electrons. The predicted molar refractivity (Wildman–Crippen MR) is 103 cm³/mol. The highest BCUT2D eigenvalue weighted by atomic mass is 35.5. The van der Waals surface area contributed by atoms with E-state index in [1.807, 2.05) is 18.4 Å². The Hall–Kier alpha value is -1.21. The van der Waals surface area contributed by atoms with Gasteiger partial charge in [-0.3, -0.25) is 0 Å². The third-order valence-electron chi connectivity index (χ3n) is 3.89. The predicted octanol–water partition coefficient (Wildman–Crippen LogP) is 4.00. The van der Waals surface area contributed by atoms with Crippen molar-refractivity contribution in [2.24, 2.45) is 0 Å². The number of piperazine rings is 1. The molecule has 0 bridgehead atoms. The van der Waals surface area contributed by atoms with Crippen molar-refractivity contribution in [3.05, 3.63) is 34.3 Å². The molecule has 0 aliphatic carbocycles. The number of nitrogens with one attached hydrogen (secondary N) is 1. The van der Waals surface area contributed by atoms with Gasteiger partial charge < -0.3 is 15.1 Å². The van der Waals surface area contributed by atoms with Gasteiger partial charge in [0.05, 0.1) is 10.0 Å². The number of nitrogens with zero attached hydrogens (tertiary/aromatic N) is 4. The van der Waals surface area contributed by atoms with Crippen molar-refractivity contribution < 1.29 is 0 Å². The standard InChI is InChI=1S/C16H19Cl2N5S/c1-22-5-7-23(8-6-22)15-10-14(20-16(21-15)24-2)19-11-3-4-12(17)13(18)9-11/h3-4,9-10H,5-8H2,1-2H3,(H,19,20,21). The quantitative estimate of drug-likeness (QED) is 0.635. The van der Waals surface area contributed by atoms with Crippen LogP contribution in [-0.2, 0) is 0 Å². The van der Waals surface area contributed by atoms with Crippen molar-refractivity contribution in [2.75, 3.05) is 49.7 Å². The number of benzene rings is 1. The van der Waals surface area contributed by atoms with Gasteiger partial charge in [0.2, 0.25) is 0 Å². The monoisotopic (exact) mass is 383 g/mol. The van der Waals surface area contributed by atoms with Crippen LogP contribution < -0.4 is 10.2 Å². The van der Waals surface area contributed by atoms with Crippen molar-refractivity contribution >= 4 is 52.3 Å². The van der Waals surface area contributed by atoms with E-state index < -0.39 is 0 Å². The molecule has 0 amide bonds.